The molecule has 0 aliphatic carbocycles. The molecule has 0 aliphatic heterocycles. The summed E-state index contributed by atoms with van der Waals surface area (Å²) in [4.78, 5) is 23.6. The fourth-order valence-electron chi connectivity index (χ4n) is 1.98. The van der Waals surface area contributed by atoms with Crippen LogP contribution in [-0.2, 0) is 11.4 Å². The predicted octanol–water partition coefficient (Wildman–Crippen LogP) is 3.31. The Balaban J connectivity index is 1.78. The summed E-state index contributed by atoms with van der Waals surface area (Å²) >= 11 is 1.62. The fourth-order valence-corrected chi connectivity index (χ4v) is 2.60. The number of rotatable bonds is 9. The van der Waals surface area contributed by atoms with Crippen molar-refractivity contribution in [2.24, 2.45) is 0 Å². The monoisotopic (exact) mass is 333 g/mol. The van der Waals surface area contributed by atoms with Crippen molar-refractivity contribution in [1.82, 2.24) is 5.32 Å². The molecule has 2 aromatic rings. The molecule has 6 heteroatoms. The van der Waals surface area contributed by atoms with Crippen molar-refractivity contribution in [2.75, 3.05) is 6.54 Å². The standard InChI is InChI=1S/C17H19NO4S/c19-16(20)8-1-2-9-18-17(21)13-5-3-6-14(11-13)22-12-15-7-4-10-23-15/h3-7,10-11H,1-2,8-9,12H2,(H,18,21)(H,19,20). The molecule has 2 rings (SSSR count). The van der Waals surface area contributed by atoms with E-state index in [1.54, 1.807) is 29.5 Å². The SMILES string of the molecule is O=C(O)CCCCNC(=O)c1cccc(OCc2cccs2)c1. The zero-order chi connectivity index (χ0) is 16.5. The van der Waals surface area contributed by atoms with Crippen LogP contribution in [-0.4, -0.2) is 23.5 Å². The highest BCUT2D eigenvalue weighted by Crippen LogP contribution is 2.17. The Morgan fingerprint density at radius 3 is 2.78 bits per heavy atom. The van der Waals surface area contributed by atoms with Gasteiger partial charge in [0.1, 0.15) is 12.4 Å². The van der Waals surface area contributed by atoms with Crippen LogP contribution in [0.15, 0.2) is 41.8 Å². The molecule has 0 atom stereocenters. The van der Waals surface area contributed by atoms with Gasteiger partial charge in [-0.1, -0.05) is 12.1 Å². The van der Waals surface area contributed by atoms with Gasteiger partial charge in [-0.15, -0.1) is 11.3 Å². The molecule has 2 N–H and O–H groups in total. The molecule has 0 aliphatic rings. The van der Waals surface area contributed by atoms with Crippen LogP contribution in [0, 0.1) is 0 Å². The minimum Gasteiger partial charge on any atom is -0.488 e. The molecule has 0 fully saturated rings. The fraction of sp³-hybridized carbons (Fsp3) is 0.294. The number of hydrogen-bond acceptors (Lipinski definition) is 4. The van der Waals surface area contributed by atoms with Gasteiger partial charge in [0.2, 0.25) is 0 Å². The number of ether oxygens (including phenoxy) is 1. The van der Waals surface area contributed by atoms with E-state index >= 15 is 0 Å². The highest BCUT2D eigenvalue weighted by molar-refractivity contribution is 7.09. The number of unbranched alkanes of at least 4 members (excludes halogenated alkanes) is 1. The van der Waals surface area contributed by atoms with Crippen LogP contribution in [0.2, 0.25) is 0 Å². The van der Waals surface area contributed by atoms with E-state index in [2.05, 4.69) is 5.32 Å². The third-order valence-corrected chi connectivity index (χ3v) is 4.01. The van der Waals surface area contributed by atoms with Crippen molar-refractivity contribution in [2.45, 2.75) is 25.9 Å². The number of hydrogen-bond donors (Lipinski definition) is 2. The van der Waals surface area contributed by atoms with Gasteiger partial charge in [-0.3, -0.25) is 9.59 Å². The first-order valence-electron chi connectivity index (χ1n) is 7.40. The topological polar surface area (TPSA) is 75.6 Å². The summed E-state index contributed by atoms with van der Waals surface area (Å²) in [6.45, 7) is 0.949. The lowest BCUT2D eigenvalue weighted by molar-refractivity contribution is -0.137. The van der Waals surface area contributed by atoms with Crippen molar-refractivity contribution in [3.63, 3.8) is 0 Å². The second-order valence-electron chi connectivity index (χ2n) is 5.00. The number of nitrogens with one attached hydrogen (secondary N) is 1. The minimum atomic E-state index is -0.813. The number of carboxylic acids is 1. The third-order valence-electron chi connectivity index (χ3n) is 3.16. The Morgan fingerprint density at radius 1 is 1.17 bits per heavy atom. The number of benzene rings is 1. The number of amides is 1. The highest BCUT2D eigenvalue weighted by atomic mass is 32.1. The average Bonchev–Trinajstić information content (AvgIpc) is 3.06. The van der Waals surface area contributed by atoms with E-state index in [4.69, 9.17) is 9.84 Å². The van der Waals surface area contributed by atoms with Gasteiger partial charge in [-0.25, -0.2) is 0 Å². The maximum absolute atomic E-state index is 12.0. The van der Waals surface area contributed by atoms with Gasteiger partial charge >= 0.3 is 5.97 Å². The van der Waals surface area contributed by atoms with Crippen LogP contribution in [0.5, 0.6) is 5.75 Å². The Kier molecular flexibility index (Phi) is 6.62. The van der Waals surface area contributed by atoms with E-state index in [-0.39, 0.29) is 12.3 Å². The molecule has 1 heterocycles. The second-order valence-corrected chi connectivity index (χ2v) is 6.03. The van der Waals surface area contributed by atoms with Gasteiger partial charge in [-0.05, 0) is 42.5 Å². The Labute approximate surface area is 138 Å². The molecule has 0 spiro atoms. The molecule has 1 aromatic heterocycles. The van der Waals surface area contributed by atoms with Crippen molar-refractivity contribution in [1.29, 1.82) is 0 Å². The molecule has 1 aromatic carbocycles. The smallest absolute Gasteiger partial charge is 0.303 e. The molecule has 0 saturated heterocycles. The lowest BCUT2D eigenvalue weighted by Crippen LogP contribution is -2.24. The number of aliphatic carboxylic acids is 1. The largest absolute Gasteiger partial charge is 0.488 e. The lowest BCUT2D eigenvalue weighted by Gasteiger charge is -2.08. The molecule has 0 unspecified atom stereocenters. The van der Waals surface area contributed by atoms with E-state index < -0.39 is 5.97 Å². The van der Waals surface area contributed by atoms with Crippen molar-refractivity contribution in [3.8, 4) is 5.75 Å². The summed E-state index contributed by atoms with van der Waals surface area (Å²) in [5.41, 5.74) is 0.534. The molecule has 5 nitrogen and oxygen atoms in total. The molecule has 0 bridgehead atoms. The lowest BCUT2D eigenvalue weighted by atomic mass is 10.2. The molecule has 0 radical (unpaired) electrons. The van der Waals surface area contributed by atoms with E-state index in [1.807, 2.05) is 23.6 Å². The van der Waals surface area contributed by atoms with Crippen LogP contribution in [0.1, 0.15) is 34.5 Å². The van der Waals surface area contributed by atoms with E-state index in [0.717, 1.165) is 4.88 Å². The van der Waals surface area contributed by atoms with E-state index in [1.165, 1.54) is 0 Å². The normalized spacial score (nSPS) is 10.3. The Hall–Kier alpha value is -2.34. The van der Waals surface area contributed by atoms with Gasteiger partial charge in [0.25, 0.3) is 5.91 Å². The first kappa shape index (κ1) is 17.0. The van der Waals surface area contributed by atoms with Crippen molar-refractivity contribution < 1.29 is 19.4 Å². The van der Waals surface area contributed by atoms with Crippen molar-refractivity contribution >= 4 is 23.2 Å². The van der Waals surface area contributed by atoms with E-state index in [9.17, 15) is 9.59 Å². The summed E-state index contributed by atoms with van der Waals surface area (Å²) < 4.78 is 5.68. The minimum absolute atomic E-state index is 0.127. The highest BCUT2D eigenvalue weighted by Gasteiger charge is 2.07. The predicted molar refractivity (Wildman–Crippen MR) is 88.9 cm³/mol. The average molecular weight is 333 g/mol. The van der Waals surface area contributed by atoms with Crippen LogP contribution < -0.4 is 10.1 Å². The van der Waals surface area contributed by atoms with Crippen LogP contribution in [0.3, 0.4) is 0 Å². The number of carbonyl (C=O) groups is 2. The maximum Gasteiger partial charge on any atom is 0.303 e. The quantitative estimate of drug-likeness (QED) is 0.690. The molecule has 122 valence electrons. The molecular weight excluding hydrogens is 314 g/mol. The third kappa shape index (κ3) is 6.12. The van der Waals surface area contributed by atoms with Gasteiger partial charge < -0.3 is 15.2 Å². The number of carboxylic acid groups (broad SMARTS) is 1. The van der Waals surface area contributed by atoms with Crippen molar-refractivity contribution in [3.05, 3.63) is 52.2 Å². The van der Waals surface area contributed by atoms with Gasteiger partial charge in [0.15, 0.2) is 0 Å². The maximum atomic E-state index is 12.0. The van der Waals surface area contributed by atoms with Crippen LogP contribution in [0.4, 0.5) is 0 Å². The van der Waals surface area contributed by atoms with Gasteiger partial charge in [0, 0.05) is 23.4 Å². The number of carbonyl (C=O) groups excluding carboxylic acids is 1. The second kappa shape index (κ2) is 8.95. The first-order valence-corrected chi connectivity index (χ1v) is 8.28. The Bertz CT molecular complexity index is 640. The van der Waals surface area contributed by atoms with Gasteiger partial charge in [-0.2, -0.15) is 0 Å². The zero-order valence-electron chi connectivity index (χ0n) is 12.7. The van der Waals surface area contributed by atoms with Gasteiger partial charge in [0.05, 0.1) is 0 Å². The van der Waals surface area contributed by atoms with E-state index in [0.29, 0.717) is 37.3 Å². The molecule has 1 amide bonds. The first-order chi connectivity index (χ1) is 11.1. The zero-order valence-corrected chi connectivity index (χ0v) is 13.5. The number of thiophene rings is 1. The molecule has 0 saturated carbocycles. The van der Waals surface area contributed by atoms with Crippen LogP contribution in [0.25, 0.3) is 0 Å². The van der Waals surface area contributed by atoms with Crippen LogP contribution >= 0.6 is 11.3 Å². The summed E-state index contributed by atoms with van der Waals surface area (Å²) in [5.74, 6) is -0.342. The summed E-state index contributed by atoms with van der Waals surface area (Å²) in [6, 6.07) is 11.0. The summed E-state index contributed by atoms with van der Waals surface area (Å²) in [6.07, 6.45) is 1.33. The summed E-state index contributed by atoms with van der Waals surface area (Å²) in [5, 5.41) is 13.3. The Morgan fingerprint density at radius 2 is 2.04 bits per heavy atom. The molecule has 23 heavy (non-hydrogen) atoms. The molecular formula is C17H19NO4S. The summed E-state index contributed by atoms with van der Waals surface area (Å²) in [7, 11) is 0.